The first-order chi connectivity index (χ1) is 19.3. The molecule has 40 heavy (non-hydrogen) atoms. The maximum absolute atomic E-state index is 12.6. The fraction of sp³-hybridized carbons (Fsp3) is 0.467. The number of nitrogens with one attached hydrogen (secondary N) is 2. The zero-order valence-corrected chi connectivity index (χ0v) is 24.8. The second kappa shape index (κ2) is 19.1. The molecule has 0 saturated carbocycles. The largest absolute Gasteiger partial charge is 0.490 e. The highest BCUT2D eigenvalue weighted by Crippen LogP contribution is 2.30. The van der Waals surface area contributed by atoms with E-state index in [-0.39, 0.29) is 28.8 Å². The van der Waals surface area contributed by atoms with Crippen LogP contribution in [0.5, 0.6) is 11.5 Å². The zero-order chi connectivity index (χ0) is 29.2. The van der Waals surface area contributed by atoms with Gasteiger partial charge >= 0.3 is 5.97 Å². The molecule has 0 aliphatic carbocycles. The Morgan fingerprint density at radius 3 is 2.23 bits per heavy atom. The number of rotatable bonds is 18. The normalized spacial score (nSPS) is 10.9. The van der Waals surface area contributed by atoms with E-state index in [1.165, 1.54) is 56.9 Å². The van der Waals surface area contributed by atoms with Crippen LogP contribution in [0.2, 0.25) is 10.0 Å². The topological polar surface area (TPSA) is 106 Å². The summed E-state index contributed by atoms with van der Waals surface area (Å²) < 4.78 is 11.1. The molecular formula is C30H39Cl2N3O5. The van der Waals surface area contributed by atoms with Crippen LogP contribution in [-0.2, 0) is 9.59 Å². The fourth-order valence-electron chi connectivity index (χ4n) is 3.85. The van der Waals surface area contributed by atoms with E-state index in [1.807, 2.05) is 0 Å². The SMILES string of the molecule is CCCCCCCCCCCC(=O)NCC(=O)NN=Cc1ccc(OC(=O)c2ccc(Cl)cc2Cl)c(OCC)c1. The Bertz CT molecular complexity index is 1140. The Kier molecular flexibility index (Phi) is 15.8. The average Bonchev–Trinajstić information content (AvgIpc) is 2.92. The molecule has 0 aliphatic heterocycles. The molecule has 2 amide bonds. The lowest BCUT2D eigenvalue weighted by Crippen LogP contribution is -2.34. The molecule has 0 unspecified atom stereocenters. The molecule has 0 aromatic heterocycles. The minimum absolute atomic E-state index is 0.145. The van der Waals surface area contributed by atoms with Crippen molar-refractivity contribution in [1.29, 1.82) is 0 Å². The number of hydrogen-bond donors (Lipinski definition) is 2. The van der Waals surface area contributed by atoms with Crippen molar-refractivity contribution in [3.63, 3.8) is 0 Å². The van der Waals surface area contributed by atoms with E-state index in [9.17, 15) is 14.4 Å². The van der Waals surface area contributed by atoms with Gasteiger partial charge in [-0.25, -0.2) is 10.2 Å². The quantitative estimate of drug-likeness (QED) is 0.0632. The number of unbranched alkanes of at least 4 members (excludes halogenated alkanes) is 8. The van der Waals surface area contributed by atoms with Crippen LogP contribution in [0.1, 0.15) is 94.0 Å². The van der Waals surface area contributed by atoms with Gasteiger partial charge in [0.2, 0.25) is 5.91 Å². The van der Waals surface area contributed by atoms with Crippen molar-refractivity contribution in [2.75, 3.05) is 13.2 Å². The first-order valence-electron chi connectivity index (χ1n) is 13.9. The van der Waals surface area contributed by atoms with Gasteiger partial charge < -0.3 is 14.8 Å². The third kappa shape index (κ3) is 12.8. The monoisotopic (exact) mass is 591 g/mol. The van der Waals surface area contributed by atoms with Crippen LogP contribution >= 0.6 is 23.2 Å². The van der Waals surface area contributed by atoms with Crippen LogP contribution in [-0.4, -0.2) is 37.1 Å². The molecule has 2 rings (SSSR count). The van der Waals surface area contributed by atoms with E-state index in [2.05, 4.69) is 22.8 Å². The molecule has 0 aliphatic rings. The van der Waals surface area contributed by atoms with Gasteiger partial charge in [-0.15, -0.1) is 0 Å². The van der Waals surface area contributed by atoms with Crippen LogP contribution in [0.15, 0.2) is 41.5 Å². The second-order valence-electron chi connectivity index (χ2n) is 9.30. The lowest BCUT2D eigenvalue weighted by molar-refractivity contribution is -0.126. The molecule has 0 spiro atoms. The Balaban J connectivity index is 1.75. The van der Waals surface area contributed by atoms with Crippen LogP contribution in [0, 0.1) is 0 Å². The summed E-state index contributed by atoms with van der Waals surface area (Å²) >= 11 is 12.0. The molecular weight excluding hydrogens is 553 g/mol. The molecule has 218 valence electrons. The molecule has 0 fully saturated rings. The molecule has 2 N–H and O–H groups in total. The summed E-state index contributed by atoms with van der Waals surface area (Å²) in [5, 5.41) is 7.13. The van der Waals surface area contributed by atoms with Gasteiger partial charge in [-0.05, 0) is 55.3 Å². The van der Waals surface area contributed by atoms with Crippen molar-refractivity contribution in [3.8, 4) is 11.5 Å². The van der Waals surface area contributed by atoms with Crippen molar-refractivity contribution in [1.82, 2.24) is 10.7 Å². The number of halogens is 2. The maximum Gasteiger partial charge on any atom is 0.345 e. The summed E-state index contributed by atoms with van der Waals surface area (Å²) in [6.07, 6.45) is 12.5. The maximum atomic E-state index is 12.6. The van der Waals surface area contributed by atoms with Crippen molar-refractivity contribution >= 4 is 47.2 Å². The van der Waals surface area contributed by atoms with Gasteiger partial charge in [0.05, 0.1) is 30.0 Å². The minimum Gasteiger partial charge on any atom is -0.490 e. The van der Waals surface area contributed by atoms with Gasteiger partial charge in [-0.2, -0.15) is 5.10 Å². The number of carbonyl (C=O) groups is 3. The van der Waals surface area contributed by atoms with E-state index >= 15 is 0 Å². The predicted molar refractivity (Wildman–Crippen MR) is 160 cm³/mol. The standard InChI is InChI=1S/C30H39Cl2N3O5/c1-3-5-6-7-8-9-10-11-12-13-28(36)33-21-29(37)35-34-20-22-14-17-26(27(18-22)39-4-2)40-30(38)24-16-15-23(31)19-25(24)32/h14-20H,3-13,21H2,1-2H3,(H,33,36)(H,35,37). The lowest BCUT2D eigenvalue weighted by atomic mass is 10.1. The molecule has 0 bridgehead atoms. The van der Waals surface area contributed by atoms with Gasteiger partial charge in [0.1, 0.15) is 0 Å². The van der Waals surface area contributed by atoms with Gasteiger partial charge in [0, 0.05) is 11.4 Å². The molecule has 10 heteroatoms. The highest BCUT2D eigenvalue weighted by Gasteiger charge is 2.16. The number of hydrogen-bond acceptors (Lipinski definition) is 6. The second-order valence-corrected chi connectivity index (χ2v) is 10.1. The first kappa shape index (κ1) is 33.1. The van der Waals surface area contributed by atoms with Crippen molar-refractivity contribution in [3.05, 3.63) is 57.6 Å². The first-order valence-corrected chi connectivity index (χ1v) is 14.6. The number of nitrogens with zero attached hydrogens (tertiary/aromatic N) is 1. The fourth-order valence-corrected chi connectivity index (χ4v) is 4.33. The van der Waals surface area contributed by atoms with E-state index in [0.29, 0.717) is 29.4 Å². The molecule has 2 aromatic carbocycles. The van der Waals surface area contributed by atoms with Gasteiger partial charge in [0.25, 0.3) is 5.91 Å². The average molecular weight is 593 g/mol. The summed E-state index contributed by atoms with van der Waals surface area (Å²) in [6.45, 7) is 4.19. The van der Waals surface area contributed by atoms with Crippen molar-refractivity contribution in [2.24, 2.45) is 5.10 Å². The number of amides is 2. The molecule has 2 aromatic rings. The van der Waals surface area contributed by atoms with Crippen LogP contribution < -0.4 is 20.2 Å². The predicted octanol–water partition coefficient (Wildman–Crippen LogP) is 7.10. The van der Waals surface area contributed by atoms with E-state index in [4.69, 9.17) is 32.7 Å². The smallest absolute Gasteiger partial charge is 0.345 e. The van der Waals surface area contributed by atoms with Gasteiger partial charge in [0.15, 0.2) is 11.5 Å². The van der Waals surface area contributed by atoms with E-state index < -0.39 is 11.9 Å². The van der Waals surface area contributed by atoms with Crippen LogP contribution in [0.25, 0.3) is 0 Å². The Hall–Kier alpha value is -3.10. The zero-order valence-electron chi connectivity index (χ0n) is 23.3. The third-order valence-electron chi connectivity index (χ3n) is 5.98. The number of ether oxygens (including phenoxy) is 2. The number of carbonyl (C=O) groups excluding carboxylic acids is 3. The highest BCUT2D eigenvalue weighted by molar-refractivity contribution is 6.36. The van der Waals surface area contributed by atoms with Gasteiger partial charge in [-0.1, -0.05) is 81.5 Å². The number of hydrazone groups is 1. The highest BCUT2D eigenvalue weighted by atomic mass is 35.5. The Morgan fingerprint density at radius 1 is 0.850 bits per heavy atom. The summed E-state index contributed by atoms with van der Waals surface area (Å²) in [6, 6.07) is 9.32. The van der Waals surface area contributed by atoms with E-state index in [0.717, 1.165) is 19.3 Å². The minimum atomic E-state index is -0.656. The molecule has 0 atom stereocenters. The Morgan fingerprint density at radius 2 is 1.55 bits per heavy atom. The van der Waals surface area contributed by atoms with Crippen molar-refractivity contribution in [2.45, 2.75) is 78.1 Å². The van der Waals surface area contributed by atoms with Crippen LogP contribution in [0.4, 0.5) is 0 Å². The molecule has 0 heterocycles. The summed E-state index contributed by atoms with van der Waals surface area (Å²) in [4.78, 5) is 36.6. The molecule has 0 radical (unpaired) electrons. The summed E-state index contributed by atoms with van der Waals surface area (Å²) in [5.41, 5.74) is 3.15. The van der Waals surface area contributed by atoms with Crippen molar-refractivity contribution < 1.29 is 23.9 Å². The Labute approximate surface area is 246 Å². The summed E-state index contributed by atoms with van der Waals surface area (Å²) in [7, 11) is 0. The van der Waals surface area contributed by atoms with Crippen LogP contribution in [0.3, 0.4) is 0 Å². The molecule has 8 nitrogen and oxygen atoms in total. The molecule has 0 saturated heterocycles. The number of esters is 1. The lowest BCUT2D eigenvalue weighted by Gasteiger charge is -2.12. The third-order valence-corrected chi connectivity index (χ3v) is 6.53. The summed E-state index contributed by atoms with van der Waals surface area (Å²) in [5.74, 6) is -0.717. The number of benzene rings is 2. The van der Waals surface area contributed by atoms with Gasteiger partial charge in [-0.3, -0.25) is 9.59 Å². The van der Waals surface area contributed by atoms with E-state index in [1.54, 1.807) is 31.2 Å².